The molecule has 1 heterocycles. The summed E-state index contributed by atoms with van der Waals surface area (Å²) in [6.07, 6.45) is 2.07. The molecule has 0 unspecified atom stereocenters. The van der Waals surface area contributed by atoms with E-state index in [9.17, 15) is 9.59 Å². The molecule has 2 rings (SSSR count). The molecule has 1 N–H and O–H groups in total. The number of nitrogens with zero attached hydrogens (tertiary/aromatic N) is 2. The Morgan fingerprint density at radius 3 is 2.65 bits per heavy atom. The number of ether oxygens (including phenoxy) is 1. The van der Waals surface area contributed by atoms with Crippen LogP contribution in [0.5, 0.6) is 5.75 Å². The fraction of sp³-hybridized carbons (Fsp3) is 0.579. The Morgan fingerprint density at radius 1 is 1.23 bits per heavy atom. The van der Waals surface area contributed by atoms with Crippen LogP contribution in [-0.4, -0.2) is 67.5 Å². The topological polar surface area (TPSA) is 61.9 Å². The fourth-order valence-corrected chi connectivity index (χ4v) is 2.94. The Hall–Kier alpha value is -1.79. The van der Waals surface area contributed by atoms with E-state index in [2.05, 4.69) is 17.1 Å². The number of carbonyl (C=O) groups is 2. The molecule has 1 saturated heterocycles. The molecule has 7 heteroatoms. The molecule has 0 saturated carbocycles. The van der Waals surface area contributed by atoms with Crippen molar-refractivity contribution >= 4 is 23.4 Å². The molecule has 0 bridgehead atoms. The molecule has 1 aliphatic rings. The molecule has 0 aliphatic carbocycles. The van der Waals surface area contributed by atoms with Gasteiger partial charge in [0, 0.05) is 32.7 Å². The molecule has 0 aromatic heterocycles. The minimum Gasteiger partial charge on any atom is -0.482 e. The van der Waals surface area contributed by atoms with Crippen LogP contribution in [0.15, 0.2) is 18.2 Å². The van der Waals surface area contributed by atoms with Crippen LogP contribution in [0.4, 0.5) is 0 Å². The molecular formula is C19H28ClN3O3. The number of aryl methyl sites for hydroxylation is 1. The first-order chi connectivity index (χ1) is 12.5. The number of hydrogen-bond acceptors (Lipinski definition) is 4. The summed E-state index contributed by atoms with van der Waals surface area (Å²) >= 11 is 6.08. The summed E-state index contributed by atoms with van der Waals surface area (Å²) in [6.45, 7) is 7.73. The Balaban J connectivity index is 1.71. The van der Waals surface area contributed by atoms with Gasteiger partial charge in [-0.05, 0) is 31.0 Å². The van der Waals surface area contributed by atoms with E-state index in [4.69, 9.17) is 16.3 Å². The summed E-state index contributed by atoms with van der Waals surface area (Å²) in [4.78, 5) is 28.0. The van der Waals surface area contributed by atoms with Crippen molar-refractivity contribution in [3.63, 3.8) is 0 Å². The van der Waals surface area contributed by atoms with E-state index >= 15 is 0 Å². The van der Waals surface area contributed by atoms with Gasteiger partial charge < -0.3 is 15.0 Å². The van der Waals surface area contributed by atoms with Crippen molar-refractivity contribution < 1.29 is 14.3 Å². The third kappa shape index (κ3) is 6.50. The zero-order valence-electron chi connectivity index (χ0n) is 15.6. The number of nitrogens with one attached hydrogen (secondary N) is 1. The van der Waals surface area contributed by atoms with Crippen molar-refractivity contribution in [1.82, 2.24) is 15.1 Å². The quantitative estimate of drug-likeness (QED) is 0.700. The maximum Gasteiger partial charge on any atom is 0.260 e. The molecule has 0 atom stereocenters. The predicted molar refractivity (Wildman–Crippen MR) is 103 cm³/mol. The van der Waals surface area contributed by atoms with Gasteiger partial charge in [-0.25, -0.2) is 0 Å². The number of hydrogen-bond donors (Lipinski definition) is 1. The van der Waals surface area contributed by atoms with Crippen LogP contribution in [-0.2, 0) is 9.59 Å². The van der Waals surface area contributed by atoms with Gasteiger partial charge >= 0.3 is 0 Å². The standard InChI is InChI=1S/C19H28ClN3O3/c1-3-4-7-21-18(24)13-22-8-10-23(11-9-22)19(25)14-26-17-12-15(2)5-6-16(17)20/h5-6,12H,3-4,7-11,13-14H2,1-2H3,(H,21,24). The van der Waals surface area contributed by atoms with Crippen LogP contribution in [0, 0.1) is 6.92 Å². The molecular weight excluding hydrogens is 354 g/mol. The molecule has 6 nitrogen and oxygen atoms in total. The largest absolute Gasteiger partial charge is 0.482 e. The smallest absolute Gasteiger partial charge is 0.260 e. The van der Waals surface area contributed by atoms with E-state index in [0.29, 0.717) is 43.5 Å². The summed E-state index contributed by atoms with van der Waals surface area (Å²) < 4.78 is 5.58. The van der Waals surface area contributed by atoms with E-state index < -0.39 is 0 Å². The number of carbonyl (C=O) groups excluding carboxylic acids is 2. The van der Waals surface area contributed by atoms with Gasteiger partial charge in [0.25, 0.3) is 5.91 Å². The highest BCUT2D eigenvalue weighted by molar-refractivity contribution is 6.32. The minimum absolute atomic E-state index is 0.0271. The average molecular weight is 382 g/mol. The van der Waals surface area contributed by atoms with Gasteiger partial charge in [0.2, 0.25) is 5.91 Å². The third-order valence-electron chi connectivity index (χ3n) is 4.38. The van der Waals surface area contributed by atoms with Crippen molar-refractivity contribution in [3.8, 4) is 5.75 Å². The van der Waals surface area contributed by atoms with Crippen molar-refractivity contribution in [2.75, 3.05) is 45.9 Å². The predicted octanol–water partition coefficient (Wildman–Crippen LogP) is 2.09. The van der Waals surface area contributed by atoms with E-state index in [1.807, 2.05) is 19.1 Å². The highest BCUT2D eigenvalue weighted by Gasteiger charge is 2.22. The molecule has 1 aromatic carbocycles. The third-order valence-corrected chi connectivity index (χ3v) is 4.69. The Morgan fingerprint density at radius 2 is 1.96 bits per heavy atom. The Labute approximate surface area is 160 Å². The molecule has 2 amide bonds. The maximum atomic E-state index is 12.3. The number of unbranched alkanes of at least 4 members (excludes halogenated alkanes) is 1. The van der Waals surface area contributed by atoms with Crippen molar-refractivity contribution in [3.05, 3.63) is 28.8 Å². The van der Waals surface area contributed by atoms with Crippen LogP contribution in [0.1, 0.15) is 25.3 Å². The first kappa shape index (κ1) is 20.5. The zero-order chi connectivity index (χ0) is 18.9. The van der Waals surface area contributed by atoms with Gasteiger partial charge in [0.05, 0.1) is 11.6 Å². The monoisotopic (exact) mass is 381 g/mol. The number of amides is 2. The fourth-order valence-electron chi connectivity index (χ4n) is 2.77. The zero-order valence-corrected chi connectivity index (χ0v) is 16.3. The van der Waals surface area contributed by atoms with Gasteiger partial charge in [0.15, 0.2) is 6.61 Å². The second-order valence-electron chi connectivity index (χ2n) is 6.58. The summed E-state index contributed by atoms with van der Waals surface area (Å²) in [5.41, 5.74) is 1.03. The molecule has 1 aromatic rings. The van der Waals surface area contributed by atoms with E-state index in [1.165, 1.54) is 0 Å². The number of benzene rings is 1. The van der Waals surface area contributed by atoms with Crippen LogP contribution in [0.3, 0.4) is 0 Å². The Bertz CT molecular complexity index is 616. The molecule has 0 radical (unpaired) electrons. The summed E-state index contributed by atoms with van der Waals surface area (Å²) in [5.74, 6) is 0.521. The van der Waals surface area contributed by atoms with Crippen LogP contribution in [0.25, 0.3) is 0 Å². The summed E-state index contributed by atoms with van der Waals surface area (Å²) in [6, 6.07) is 5.49. The molecule has 26 heavy (non-hydrogen) atoms. The van der Waals surface area contributed by atoms with Gasteiger partial charge in [-0.2, -0.15) is 0 Å². The minimum atomic E-state index is -0.0605. The lowest BCUT2D eigenvalue weighted by Gasteiger charge is -2.34. The second-order valence-corrected chi connectivity index (χ2v) is 6.99. The summed E-state index contributed by atoms with van der Waals surface area (Å²) in [7, 11) is 0. The first-order valence-corrected chi connectivity index (χ1v) is 9.53. The lowest BCUT2D eigenvalue weighted by atomic mass is 10.2. The van der Waals surface area contributed by atoms with Crippen molar-refractivity contribution in [2.24, 2.45) is 0 Å². The van der Waals surface area contributed by atoms with Gasteiger partial charge in [-0.3, -0.25) is 14.5 Å². The Kier molecular flexibility index (Phi) is 8.19. The molecule has 1 fully saturated rings. The van der Waals surface area contributed by atoms with Gasteiger partial charge in [-0.1, -0.05) is 31.0 Å². The first-order valence-electron chi connectivity index (χ1n) is 9.15. The number of rotatable bonds is 8. The van der Waals surface area contributed by atoms with E-state index in [1.54, 1.807) is 11.0 Å². The van der Waals surface area contributed by atoms with E-state index in [0.717, 1.165) is 24.9 Å². The normalized spacial score (nSPS) is 15.0. The number of piperazine rings is 1. The highest BCUT2D eigenvalue weighted by Crippen LogP contribution is 2.25. The lowest BCUT2D eigenvalue weighted by molar-refractivity contribution is -0.135. The second kappa shape index (κ2) is 10.4. The maximum absolute atomic E-state index is 12.3. The van der Waals surface area contributed by atoms with E-state index in [-0.39, 0.29) is 18.4 Å². The summed E-state index contributed by atoms with van der Waals surface area (Å²) in [5, 5.41) is 3.42. The van der Waals surface area contributed by atoms with Gasteiger partial charge in [0.1, 0.15) is 5.75 Å². The highest BCUT2D eigenvalue weighted by atomic mass is 35.5. The lowest BCUT2D eigenvalue weighted by Crippen LogP contribution is -2.52. The molecule has 144 valence electrons. The molecule has 0 spiro atoms. The van der Waals surface area contributed by atoms with Crippen LogP contribution >= 0.6 is 11.6 Å². The SMILES string of the molecule is CCCCNC(=O)CN1CCN(C(=O)COc2cc(C)ccc2Cl)CC1. The van der Waals surface area contributed by atoms with Gasteiger partial charge in [-0.15, -0.1) is 0 Å². The van der Waals surface area contributed by atoms with Crippen molar-refractivity contribution in [2.45, 2.75) is 26.7 Å². The molecule has 1 aliphatic heterocycles. The van der Waals surface area contributed by atoms with Crippen LogP contribution < -0.4 is 10.1 Å². The van der Waals surface area contributed by atoms with Crippen molar-refractivity contribution in [1.29, 1.82) is 0 Å². The number of halogens is 1. The average Bonchev–Trinajstić information content (AvgIpc) is 2.63. The van der Waals surface area contributed by atoms with Crippen LogP contribution in [0.2, 0.25) is 5.02 Å².